The Hall–Kier alpha value is -1.07. The van der Waals surface area contributed by atoms with Crippen molar-refractivity contribution in [1.82, 2.24) is 0 Å². The number of rotatable bonds is 0. The lowest BCUT2D eigenvalue weighted by molar-refractivity contribution is -0.115. The van der Waals surface area contributed by atoms with Gasteiger partial charge in [0.25, 0.3) is 0 Å². The van der Waals surface area contributed by atoms with Crippen molar-refractivity contribution < 1.29 is 4.79 Å². The second-order valence-corrected chi connectivity index (χ2v) is 3.69. The van der Waals surface area contributed by atoms with Gasteiger partial charge in [0, 0.05) is 12.0 Å². The van der Waals surface area contributed by atoms with Crippen molar-refractivity contribution in [3.63, 3.8) is 0 Å². The van der Waals surface area contributed by atoms with E-state index in [4.69, 9.17) is 0 Å². The lowest BCUT2D eigenvalue weighted by atomic mass is 10.1. The third-order valence-electron chi connectivity index (χ3n) is 2.40. The molecule has 0 aromatic heterocycles. The molecule has 0 aromatic rings. The normalized spacial score (nSPS) is 22.1. The van der Waals surface area contributed by atoms with Crippen LogP contribution in [-0.2, 0) is 4.79 Å². The van der Waals surface area contributed by atoms with Gasteiger partial charge >= 0.3 is 0 Å². The van der Waals surface area contributed by atoms with Gasteiger partial charge in [-0.3, -0.25) is 4.79 Å². The van der Waals surface area contributed by atoms with Crippen molar-refractivity contribution in [2.24, 2.45) is 0 Å². The van der Waals surface area contributed by atoms with Crippen molar-refractivity contribution in [2.45, 2.75) is 45.4 Å². The lowest BCUT2D eigenvalue weighted by Gasteiger charge is -1.98. The molecule has 0 fully saturated rings. The van der Waals surface area contributed by atoms with Crippen molar-refractivity contribution >= 4 is 5.78 Å². The van der Waals surface area contributed by atoms with Gasteiger partial charge in [-0.1, -0.05) is 12.2 Å². The summed E-state index contributed by atoms with van der Waals surface area (Å²) >= 11 is 0. The smallest absolute Gasteiger partial charge is 0.166 e. The molecule has 0 aliphatic heterocycles. The highest BCUT2D eigenvalue weighted by atomic mass is 16.1. The van der Waals surface area contributed by atoms with E-state index in [2.05, 4.69) is 17.9 Å². The Kier molecular flexibility index (Phi) is 5.03. The van der Waals surface area contributed by atoms with Crippen LogP contribution in [0.3, 0.4) is 0 Å². The van der Waals surface area contributed by atoms with Crippen LogP contribution in [0.1, 0.15) is 45.4 Å². The molecule has 0 aromatic carbocycles. The molecule has 76 valence electrons. The first-order valence-corrected chi connectivity index (χ1v) is 5.40. The molecule has 0 saturated heterocycles. The molecular weight excluding hydrogens is 172 g/mol. The zero-order valence-corrected chi connectivity index (χ0v) is 8.88. The standard InChI is InChI=1S/C13H18O/c1-12-10-8-6-4-2-3-5-7-9-11-13(12)14/h3,5,8H,2,4,6-7,9,11H2,1H3/b5-3-. The van der Waals surface area contributed by atoms with Crippen molar-refractivity contribution in [2.75, 3.05) is 0 Å². The average Bonchev–Trinajstić information content (AvgIpc) is 2.18. The molecule has 1 rings (SSSR count). The van der Waals surface area contributed by atoms with E-state index in [9.17, 15) is 4.79 Å². The lowest BCUT2D eigenvalue weighted by Crippen LogP contribution is -1.97. The summed E-state index contributed by atoms with van der Waals surface area (Å²) in [6, 6.07) is 0. The fourth-order valence-corrected chi connectivity index (χ4v) is 1.45. The zero-order chi connectivity index (χ0) is 10.2. The quantitative estimate of drug-likeness (QED) is 0.421. The first kappa shape index (κ1) is 11.0. The Morgan fingerprint density at radius 3 is 2.64 bits per heavy atom. The van der Waals surface area contributed by atoms with E-state index in [1.54, 1.807) is 0 Å². The predicted molar refractivity (Wildman–Crippen MR) is 59.1 cm³/mol. The average molecular weight is 190 g/mol. The number of carbonyl (C=O) groups is 1. The molecule has 14 heavy (non-hydrogen) atoms. The van der Waals surface area contributed by atoms with Gasteiger partial charge in [-0.15, -0.1) is 5.73 Å². The van der Waals surface area contributed by atoms with Crippen LogP contribution in [0.15, 0.2) is 29.5 Å². The number of hydrogen-bond acceptors (Lipinski definition) is 1. The van der Waals surface area contributed by atoms with Crippen LogP contribution >= 0.6 is 0 Å². The van der Waals surface area contributed by atoms with Gasteiger partial charge in [-0.05, 0) is 45.1 Å². The van der Waals surface area contributed by atoms with E-state index >= 15 is 0 Å². The van der Waals surface area contributed by atoms with Crippen molar-refractivity contribution in [1.29, 1.82) is 0 Å². The van der Waals surface area contributed by atoms with Crippen molar-refractivity contribution in [3.8, 4) is 0 Å². The van der Waals surface area contributed by atoms with Gasteiger partial charge in [-0.2, -0.15) is 0 Å². The summed E-state index contributed by atoms with van der Waals surface area (Å²) in [7, 11) is 0. The third kappa shape index (κ3) is 4.25. The van der Waals surface area contributed by atoms with Crippen LogP contribution in [-0.4, -0.2) is 5.78 Å². The fourth-order valence-electron chi connectivity index (χ4n) is 1.45. The SMILES string of the molecule is CC1=C=CCCC/C=C\CCCC1=O. The van der Waals surface area contributed by atoms with E-state index < -0.39 is 0 Å². The topological polar surface area (TPSA) is 17.1 Å². The highest BCUT2D eigenvalue weighted by molar-refractivity contribution is 5.94. The number of carbonyl (C=O) groups excluding carboxylic acids is 1. The maximum Gasteiger partial charge on any atom is 0.166 e. The highest BCUT2D eigenvalue weighted by Gasteiger charge is 2.02. The molecule has 0 unspecified atom stereocenters. The first-order chi connectivity index (χ1) is 6.80. The molecule has 0 bridgehead atoms. The van der Waals surface area contributed by atoms with Crippen LogP contribution < -0.4 is 0 Å². The van der Waals surface area contributed by atoms with Gasteiger partial charge in [-0.25, -0.2) is 0 Å². The van der Waals surface area contributed by atoms with E-state index in [1.807, 2.05) is 13.0 Å². The fraction of sp³-hybridized carbons (Fsp3) is 0.538. The van der Waals surface area contributed by atoms with Gasteiger partial charge in [0.15, 0.2) is 5.78 Å². The Morgan fingerprint density at radius 1 is 1.14 bits per heavy atom. The molecule has 1 nitrogen and oxygen atoms in total. The molecule has 0 spiro atoms. The van der Waals surface area contributed by atoms with Crippen molar-refractivity contribution in [3.05, 3.63) is 29.5 Å². The summed E-state index contributed by atoms with van der Waals surface area (Å²) in [6.07, 6.45) is 12.4. The van der Waals surface area contributed by atoms with Crippen LogP contribution in [0, 0.1) is 0 Å². The predicted octanol–water partition coefficient (Wildman–Crippen LogP) is 3.57. The Morgan fingerprint density at radius 2 is 1.86 bits per heavy atom. The first-order valence-electron chi connectivity index (χ1n) is 5.40. The van der Waals surface area contributed by atoms with E-state index in [0.29, 0.717) is 6.42 Å². The molecular formula is C13H18O. The molecule has 0 radical (unpaired) electrons. The second-order valence-electron chi connectivity index (χ2n) is 3.69. The van der Waals surface area contributed by atoms with Crippen LogP contribution in [0.2, 0.25) is 0 Å². The van der Waals surface area contributed by atoms with Gasteiger partial charge < -0.3 is 0 Å². The summed E-state index contributed by atoms with van der Waals surface area (Å²) in [4.78, 5) is 11.5. The largest absolute Gasteiger partial charge is 0.294 e. The summed E-state index contributed by atoms with van der Waals surface area (Å²) in [5, 5.41) is 0. The molecule has 0 N–H and O–H groups in total. The van der Waals surface area contributed by atoms with Gasteiger partial charge in [0.05, 0.1) is 0 Å². The molecule has 0 amide bonds. The zero-order valence-electron chi connectivity index (χ0n) is 8.88. The monoisotopic (exact) mass is 190 g/mol. The summed E-state index contributed by atoms with van der Waals surface area (Å²) in [5.41, 5.74) is 3.85. The number of allylic oxidation sites excluding steroid dienone is 3. The number of hydrogen-bond donors (Lipinski definition) is 0. The molecule has 0 saturated carbocycles. The summed E-state index contributed by atoms with van der Waals surface area (Å²) < 4.78 is 0. The van der Waals surface area contributed by atoms with E-state index in [0.717, 1.165) is 37.7 Å². The third-order valence-corrected chi connectivity index (χ3v) is 2.40. The van der Waals surface area contributed by atoms with Gasteiger partial charge in [0.1, 0.15) is 0 Å². The summed E-state index contributed by atoms with van der Waals surface area (Å²) in [5.74, 6) is 0.246. The minimum Gasteiger partial charge on any atom is -0.294 e. The Bertz CT molecular complexity index is 278. The van der Waals surface area contributed by atoms with Crippen LogP contribution in [0.25, 0.3) is 0 Å². The molecule has 0 atom stereocenters. The second kappa shape index (κ2) is 6.39. The van der Waals surface area contributed by atoms with Crippen LogP contribution in [0.5, 0.6) is 0 Å². The number of ketones is 1. The minimum atomic E-state index is 0.246. The minimum absolute atomic E-state index is 0.246. The Balaban J connectivity index is 2.61. The van der Waals surface area contributed by atoms with Crippen LogP contribution in [0.4, 0.5) is 0 Å². The molecule has 0 heterocycles. The maximum atomic E-state index is 11.5. The molecule has 1 aliphatic carbocycles. The molecule has 1 aliphatic rings. The highest BCUT2D eigenvalue weighted by Crippen LogP contribution is 2.07. The maximum absolute atomic E-state index is 11.5. The molecule has 1 heteroatoms. The van der Waals surface area contributed by atoms with E-state index in [-0.39, 0.29) is 5.78 Å². The van der Waals surface area contributed by atoms with Gasteiger partial charge in [0.2, 0.25) is 0 Å². The number of Topliss-reactive ketones (excluding diaryl/α,β-unsaturated/α-hetero) is 1. The Labute approximate surface area is 86.2 Å². The summed E-state index contributed by atoms with van der Waals surface area (Å²) in [6.45, 7) is 1.86. The van der Waals surface area contributed by atoms with E-state index in [1.165, 1.54) is 0 Å².